The van der Waals surface area contributed by atoms with Crippen LogP contribution in [-0.2, 0) is 7.05 Å². The Morgan fingerprint density at radius 3 is 2.40 bits per heavy atom. The Kier molecular flexibility index (Phi) is 3.94. The molecule has 0 saturated carbocycles. The molecule has 4 rings (SSSR count). The van der Waals surface area contributed by atoms with Gasteiger partial charge in [0.1, 0.15) is 0 Å². The van der Waals surface area contributed by atoms with Gasteiger partial charge in [-0.05, 0) is 41.4 Å². The summed E-state index contributed by atoms with van der Waals surface area (Å²) >= 11 is 0. The highest BCUT2D eigenvalue weighted by Gasteiger charge is 2.24. The lowest BCUT2D eigenvalue weighted by molar-refractivity contribution is 0.311. The van der Waals surface area contributed by atoms with Crippen LogP contribution < -0.4 is 5.73 Å². The van der Waals surface area contributed by atoms with Crippen molar-refractivity contribution in [3.05, 3.63) is 89.8 Å². The van der Waals surface area contributed by atoms with Gasteiger partial charge in [0, 0.05) is 37.2 Å². The van der Waals surface area contributed by atoms with Crippen molar-refractivity contribution in [2.45, 2.75) is 6.04 Å². The Bertz CT molecular complexity index is 918. The topological polar surface area (TPSA) is 34.2 Å². The Labute approximate surface area is 149 Å². The van der Waals surface area contributed by atoms with E-state index in [2.05, 4.69) is 89.6 Å². The molecule has 0 saturated heterocycles. The number of aryl methyl sites for hydroxylation is 1. The standard InChI is InChI=1S/C22H23N3/c1-24-13-11-18(15-24)16-7-9-17(10-8-16)22-20-6-4-3-5-19(20)21(23)12-14-25(22)2/h3-13,15,22H,14,23H2,1-2H3. The predicted molar refractivity (Wildman–Crippen MR) is 104 cm³/mol. The van der Waals surface area contributed by atoms with Crippen LogP contribution in [0, 0.1) is 0 Å². The van der Waals surface area contributed by atoms with Gasteiger partial charge in [0.15, 0.2) is 0 Å². The third-order valence-corrected chi connectivity index (χ3v) is 5.00. The monoisotopic (exact) mass is 329 g/mol. The van der Waals surface area contributed by atoms with Crippen molar-refractivity contribution in [3.63, 3.8) is 0 Å². The summed E-state index contributed by atoms with van der Waals surface area (Å²) in [6.07, 6.45) is 6.33. The lowest BCUT2D eigenvalue weighted by atomic mass is 9.92. The Morgan fingerprint density at radius 2 is 1.68 bits per heavy atom. The van der Waals surface area contributed by atoms with Crippen LogP contribution in [0.3, 0.4) is 0 Å². The molecule has 2 N–H and O–H groups in total. The fourth-order valence-corrected chi connectivity index (χ4v) is 3.66. The van der Waals surface area contributed by atoms with E-state index in [9.17, 15) is 0 Å². The van der Waals surface area contributed by atoms with Crippen molar-refractivity contribution in [1.29, 1.82) is 0 Å². The zero-order valence-electron chi connectivity index (χ0n) is 14.7. The lowest BCUT2D eigenvalue weighted by Crippen LogP contribution is -2.25. The Morgan fingerprint density at radius 1 is 0.920 bits per heavy atom. The molecule has 0 radical (unpaired) electrons. The summed E-state index contributed by atoms with van der Waals surface area (Å²) in [5.41, 5.74) is 13.3. The van der Waals surface area contributed by atoms with Gasteiger partial charge in [-0.1, -0.05) is 48.5 Å². The van der Waals surface area contributed by atoms with E-state index < -0.39 is 0 Å². The normalized spacial score (nSPS) is 17.7. The van der Waals surface area contributed by atoms with Gasteiger partial charge >= 0.3 is 0 Å². The number of aromatic nitrogens is 1. The smallest absolute Gasteiger partial charge is 0.0608 e. The fourth-order valence-electron chi connectivity index (χ4n) is 3.66. The first-order chi connectivity index (χ1) is 12.1. The summed E-state index contributed by atoms with van der Waals surface area (Å²) in [5, 5.41) is 0. The molecule has 1 aliphatic heterocycles. The van der Waals surface area contributed by atoms with Crippen LogP contribution in [0.1, 0.15) is 22.7 Å². The highest BCUT2D eigenvalue weighted by molar-refractivity contribution is 5.68. The number of benzene rings is 2. The second-order valence-electron chi connectivity index (χ2n) is 6.78. The van der Waals surface area contributed by atoms with Crippen molar-refractivity contribution < 1.29 is 0 Å². The number of rotatable bonds is 2. The van der Waals surface area contributed by atoms with E-state index in [1.54, 1.807) is 0 Å². The Hall–Kier alpha value is -2.78. The molecule has 0 aliphatic carbocycles. The average molecular weight is 329 g/mol. The van der Waals surface area contributed by atoms with E-state index in [-0.39, 0.29) is 6.04 Å². The van der Waals surface area contributed by atoms with Crippen LogP contribution in [0.15, 0.2) is 73.1 Å². The first kappa shape index (κ1) is 15.7. The minimum atomic E-state index is 0.207. The molecule has 25 heavy (non-hydrogen) atoms. The van der Waals surface area contributed by atoms with E-state index in [4.69, 9.17) is 5.73 Å². The molecular weight excluding hydrogens is 306 g/mol. The largest absolute Gasteiger partial charge is 0.398 e. The van der Waals surface area contributed by atoms with Gasteiger partial charge in [-0.15, -0.1) is 0 Å². The quantitative estimate of drug-likeness (QED) is 0.770. The van der Waals surface area contributed by atoms with Gasteiger partial charge in [0.25, 0.3) is 0 Å². The lowest BCUT2D eigenvalue weighted by Gasteiger charge is -2.28. The first-order valence-electron chi connectivity index (χ1n) is 8.61. The third-order valence-electron chi connectivity index (χ3n) is 5.00. The number of hydrogen-bond donors (Lipinski definition) is 1. The summed E-state index contributed by atoms with van der Waals surface area (Å²) < 4.78 is 2.08. The average Bonchev–Trinajstić information content (AvgIpc) is 3.02. The maximum Gasteiger partial charge on any atom is 0.0608 e. The van der Waals surface area contributed by atoms with Crippen molar-refractivity contribution in [2.24, 2.45) is 12.8 Å². The summed E-state index contributed by atoms with van der Waals surface area (Å²) in [6, 6.07) is 19.7. The van der Waals surface area contributed by atoms with Crippen LogP contribution in [0.2, 0.25) is 0 Å². The van der Waals surface area contributed by atoms with Crippen molar-refractivity contribution in [2.75, 3.05) is 13.6 Å². The van der Waals surface area contributed by atoms with E-state index in [0.29, 0.717) is 0 Å². The van der Waals surface area contributed by atoms with E-state index >= 15 is 0 Å². The molecule has 1 aliphatic rings. The number of likely N-dealkylation sites (N-methyl/N-ethyl adjacent to an activating group) is 1. The van der Waals surface area contributed by atoms with Gasteiger partial charge in [0.2, 0.25) is 0 Å². The van der Waals surface area contributed by atoms with Gasteiger partial charge in [-0.25, -0.2) is 0 Å². The highest BCUT2D eigenvalue weighted by Crippen LogP contribution is 2.35. The minimum Gasteiger partial charge on any atom is -0.398 e. The second-order valence-corrected chi connectivity index (χ2v) is 6.78. The molecule has 1 unspecified atom stereocenters. The maximum absolute atomic E-state index is 6.28. The zero-order chi connectivity index (χ0) is 17.4. The molecule has 0 fully saturated rings. The summed E-state index contributed by atoms with van der Waals surface area (Å²) in [5.74, 6) is 0. The highest BCUT2D eigenvalue weighted by atomic mass is 15.1. The Balaban J connectivity index is 1.75. The van der Waals surface area contributed by atoms with Gasteiger partial charge in [-0.2, -0.15) is 0 Å². The van der Waals surface area contributed by atoms with Crippen molar-refractivity contribution in [3.8, 4) is 11.1 Å². The van der Waals surface area contributed by atoms with Gasteiger partial charge in [-0.3, -0.25) is 4.90 Å². The van der Waals surface area contributed by atoms with Gasteiger partial charge < -0.3 is 10.3 Å². The molecule has 3 heteroatoms. The van der Waals surface area contributed by atoms with Crippen LogP contribution >= 0.6 is 0 Å². The molecule has 3 aromatic rings. The molecule has 2 aromatic carbocycles. The molecule has 126 valence electrons. The van der Waals surface area contributed by atoms with Crippen LogP contribution in [0.4, 0.5) is 0 Å². The van der Waals surface area contributed by atoms with Crippen molar-refractivity contribution in [1.82, 2.24) is 9.47 Å². The molecule has 2 heterocycles. The number of fused-ring (bicyclic) bond motifs is 1. The molecular formula is C22H23N3. The zero-order valence-corrected chi connectivity index (χ0v) is 14.7. The molecule has 3 nitrogen and oxygen atoms in total. The third kappa shape index (κ3) is 2.87. The summed E-state index contributed by atoms with van der Waals surface area (Å²) in [6.45, 7) is 0.839. The molecule has 1 aromatic heterocycles. The summed E-state index contributed by atoms with van der Waals surface area (Å²) in [7, 11) is 4.20. The predicted octanol–water partition coefficient (Wildman–Crippen LogP) is 4.03. The van der Waals surface area contributed by atoms with Crippen LogP contribution in [-0.4, -0.2) is 23.1 Å². The van der Waals surface area contributed by atoms with Crippen LogP contribution in [0.25, 0.3) is 16.8 Å². The first-order valence-corrected chi connectivity index (χ1v) is 8.61. The van der Waals surface area contributed by atoms with Gasteiger partial charge in [0.05, 0.1) is 6.04 Å². The maximum atomic E-state index is 6.28. The number of hydrogen-bond acceptors (Lipinski definition) is 2. The number of nitrogens with zero attached hydrogens (tertiary/aromatic N) is 2. The van der Waals surface area contributed by atoms with Crippen LogP contribution in [0.5, 0.6) is 0 Å². The van der Waals surface area contributed by atoms with E-state index in [1.165, 1.54) is 22.3 Å². The molecule has 0 spiro atoms. The van der Waals surface area contributed by atoms with Crippen molar-refractivity contribution >= 4 is 5.70 Å². The number of nitrogens with two attached hydrogens (primary N) is 1. The fraction of sp³-hybridized carbons (Fsp3) is 0.182. The summed E-state index contributed by atoms with van der Waals surface area (Å²) in [4.78, 5) is 2.34. The SMILES string of the molecule is CN1CC=C(N)c2ccccc2C1c1ccc(-c2ccn(C)c2)cc1. The van der Waals surface area contributed by atoms with E-state index in [1.807, 2.05) is 7.05 Å². The second kappa shape index (κ2) is 6.26. The van der Waals surface area contributed by atoms with E-state index in [0.717, 1.165) is 17.8 Å². The molecule has 0 amide bonds. The molecule has 0 bridgehead atoms. The molecule has 1 atom stereocenters. The minimum absolute atomic E-state index is 0.207.